The lowest BCUT2D eigenvalue weighted by molar-refractivity contribution is 0.0244. The predicted octanol–water partition coefficient (Wildman–Crippen LogP) is 4.72. The van der Waals surface area contributed by atoms with Gasteiger partial charge in [0.1, 0.15) is 5.69 Å². The van der Waals surface area contributed by atoms with Crippen molar-refractivity contribution in [2.75, 3.05) is 19.0 Å². The van der Waals surface area contributed by atoms with Gasteiger partial charge in [0.05, 0.1) is 5.56 Å². The summed E-state index contributed by atoms with van der Waals surface area (Å²) in [5, 5.41) is 1.06. The zero-order valence-electron chi connectivity index (χ0n) is 18.4. The first-order valence-electron chi connectivity index (χ1n) is 10.4. The summed E-state index contributed by atoms with van der Waals surface area (Å²) in [6.07, 6.45) is 1.74. The van der Waals surface area contributed by atoms with Crippen molar-refractivity contribution in [2.45, 2.75) is 19.4 Å². The molecule has 5 heteroatoms. The summed E-state index contributed by atoms with van der Waals surface area (Å²) < 4.78 is 8.50. The quantitative estimate of drug-likeness (QED) is 0.458. The third-order valence-electron chi connectivity index (χ3n) is 6.46. The Hall–Kier alpha value is -3.60. The van der Waals surface area contributed by atoms with E-state index in [0.29, 0.717) is 11.3 Å². The van der Waals surface area contributed by atoms with Gasteiger partial charge in [0.2, 0.25) is 5.60 Å². The standard InChI is InChI=1S/C26H25N3O2/c1-16-15-18(28(3)4)12-13-21(16)26(24-20(25(30)31-26)10-8-14-27-24)23-17(2)29(5)22-11-7-6-9-19(22)23/h6-15H,1-5H3. The van der Waals surface area contributed by atoms with Gasteiger partial charge in [0.15, 0.2) is 0 Å². The summed E-state index contributed by atoms with van der Waals surface area (Å²) in [5.74, 6) is -0.341. The van der Waals surface area contributed by atoms with E-state index in [-0.39, 0.29) is 5.97 Å². The lowest BCUT2D eigenvalue weighted by atomic mass is 9.79. The largest absolute Gasteiger partial charge is 0.439 e. The molecule has 2 aromatic carbocycles. The number of cyclic esters (lactones) is 1. The molecule has 0 N–H and O–H groups in total. The number of pyridine rings is 1. The Morgan fingerprint density at radius 2 is 1.81 bits per heavy atom. The van der Waals surface area contributed by atoms with Gasteiger partial charge in [0.25, 0.3) is 0 Å². The second-order valence-corrected chi connectivity index (χ2v) is 8.40. The molecule has 1 unspecified atom stereocenters. The fourth-order valence-corrected chi connectivity index (χ4v) is 4.87. The van der Waals surface area contributed by atoms with Crippen molar-refractivity contribution < 1.29 is 9.53 Å². The van der Waals surface area contributed by atoms with Gasteiger partial charge in [-0.3, -0.25) is 4.98 Å². The van der Waals surface area contributed by atoms with Crippen molar-refractivity contribution in [2.24, 2.45) is 7.05 Å². The first-order valence-corrected chi connectivity index (χ1v) is 10.4. The Bertz CT molecular complexity index is 1350. The second-order valence-electron chi connectivity index (χ2n) is 8.40. The molecule has 31 heavy (non-hydrogen) atoms. The van der Waals surface area contributed by atoms with Crippen LogP contribution in [0, 0.1) is 13.8 Å². The van der Waals surface area contributed by atoms with Crippen LogP contribution in [0.15, 0.2) is 60.8 Å². The number of benzene rings is 2. The van der Waals surface area contributed by atoms with Gasteiger partial charge in [-0.15, -0.1) is 0 Å². The zero-order chi connectivity index (χ0) is 21.9. The number of hydrogen-bond acceptors (Lipinski definition) is 4. The number of aryl methyl sites for hydroxylation is 2. The first kappa shape index (κ1) is 19.4. The number of carbonyl (C=O) groups excluding carboxylic acids is 1. The smallest absolute Gasteiger partial charge is 0.341 e. The van der Waals surface area contributed by atoms with Gasteiger partial charge in [-0.05, 0) is 49.7 Å². The third-order valence-corrected chi connectivity index (χ3v) is 6.46. The van der Waals surface area contributed by atoms with E-state index in [1.807, 2.05) is 33.3 Å². The number of anilines is 1. The molecule has 2 aromatic heterocycles. The van der Waals surface area contributed by atoms with E-state index in [9.17, 15) is 4.79 Å². The highest BCUT2D eigenvalue weighted by Gasteiger charge is 2.52. The summed E-state index contributed by atoms with van der Waals surface area (Å²) in [4.78, 5) is 19.9. The van der Waals surface area contributed by atoms with Crippen LogP contribution in [0.3, 0.4) is 0 Å². The Balaban J connectivity index is 1.93. The molecule has 4 aromatic rings. The molecule has 0 bridgehead atoms. The van der Waals surface area contributed by atoms with Crippen molar-refractivity contribution in [3.63, 3.8) is 0 Å². The molecule has 0 spiro atoms. The van der Waals surface area contributed by atoms with Gasteiger partial charge < -0.3 is 14.2 Å². The molecular formula is C26H25N3O2. The number of aromatic nitrogens is 2. The average Bonchev–Trinajstić information content (AvgIpc) is 3.20. The number of nitrogens with zero attached hydrogens (tertiary/aromatic N) is 3. The second kappa shape index (κ2) is 6.71. The van der Waals surface area contributed by atoms with E-state index in [4.69, 9.17) is 9.72 Å². The average molecular weight is 412 g/mol. The maximum Gasteiger partial charge on any atom is 0.341 e. The topological polar surface area (TPSA) is 47.4 Å². The highest BCUT2D eigenvalue weighted by molar-refractivity contribution is 5.98. The molecule has 3 heterocycles. The number of rotatable bonds is 3. The summed E-state index contributed by atoms with van der Waals surface area (Å²) in [5.41, 5.74) is 6.25. The Morgan fingerprint density at radius 3 is 2.55 bits per heavy atom. The normalized spacial score (nSPS) is 17.6. The maximum atomic E-state index is 13.1. The van der Waals surface area contributed by atoms with Gasteiger partial charge >= 0.3 is 5.97 Å². The van der Waals surface area contributed by atoms with Crippen LogP contribution in [-0.2, 0) is 17.4 Å². The van der Waals surface area contributed by atoms with Gasteiger partial charge in [-0.2, -0.15) is 0 Å². The summed E-state index contributed by atoms with van der Waals surface area (Å²) in [6, 6.07) is 18.1. The zero-order valence-corrected chi connectivity index (χ0v) is 18.4. The van der Waals surface area contributed by atoms with Crippen molar-refractivity contribution in [3.05, 3.63) is 94.4 Å². The van der Waals surface area contributed by atoms with Crippen LogP contribution in [-0.4, -0.2) is 29.6 Å². The van der Waals surface area contributed by atoms with E-state index < -0.39 is 5.60 Å². The monoisotopic (exact) mass is 411 g/mol. The molecule has 0 amide bonds. The minimum absolute atomic E-state index is 0.341. The van der Waals surface area contributed by atoms with E-state index in [2.05, 4.69) is 53.6 Å². The van der Waals surface area contributed by atoms with Crippen LogP contribution < -0.4 is 4.90 Å². The van der Waals surface area contributed by atoms with Crippen molar-refractivity contribution in [1.82, 2.24) is 9.55 Å². The number of ether oxygens (including phenoxy) is 1. The van der Waals surface area contributed by atoms with E-state index in [1.54, 1.807) is 18.3 Å². The SMILES string of the molecule is Cc1cc(N(C)C)ccc1C1(c2c(C)n(C)c3ccccc23)OC(=O)c2cccnc21. The third kappa shape index (κ3) is 2.56. The number of esters is 1. The molecule has 0 fully saturated rings. The van der Waals surface area contributed by atoms with Crippen molar-refractivity contribution >= 4 is 22.6 Å². The van der Waals surface area contributed by atoms with Gasteiger partial charge in [0, 0.05) is 60.8 Å². The molecule has 1 atom stereocenters. The van der Waals surface area contributed by atoms with Crippen LogP contribution in [0.25, 0.3) is 10.9 Å². The van der Waals surface area contributed by atoms with Crippen LogP contribution >= 0.6 is 0 Å². The van der Waals surface area contributed by atoms with E-state index in [0.717, 1.165) is 39.0 Å². The maximum absolute atomic E-state index is 13.1. The molecule has 1 aliphatic heterocycles. The summed E-state index contributed by atoms with van der Waals surface area (Å²) >= 11 is 0. The number of hydrogen-bond donors (Lipinski definition) is 0. The first-order chi connectivity index (χ1) is 14.9. The lowest BCUT2D eigenvalue weighted by Crippen LogP contribution is -2.32. The van der Waals surface area contributed by atoms with E-state index >= 15 is 0 Å². The molecule has 5 rings (SSSR count). The number of carbonyl (C=O) groups is 1. The molecule has 0 aliphatic carbocycles. The van der Waals surface area contributed by atoms with Crippen molar-refractivity contribution in [1.29, 1.82) is 0 Å². The summed E-state index contributed by atoms with van der Waals surface area (Å²) in [7, 11) is 6.09. The predicted molar refractivity (Wildman–Crippen MR) is 123 cm³/mol. The molecule has 0 saturated carbocycles. The van der Waals surface area contributed by atoms with Crippen LogP contribution in [0.2, 0.25) is 0 Å². The highest BCUT2D eigenvalue weighted by atomic mass is 16.6. The molecular weight excluding hydrogens is 386 g/mol. The Kier molecular flexibility index (Phi) is 4.19. The molecule has 156 valence electrons. The van der Waals surface area contributed by atoms with Crippen LogP contribution in [0.5, 0.6) is 0 Å². The number of fused-ring (bicyclic) bond motifs is 2. The van der Waals surface area contributed by atoms with Crippen LogP contribution in [0.4, 0.5) is 5.69 Å². The van der Waals surface area contributed by atoms with Crippen molar-refractivity contribution in [3.8, 4) is 0 Å². The molecule has 5 nitrogen and oxygen atoms in total. The van der Waals surface area contributed by atoms with E-state index in [1.165, 1.54) is 0 Å². The molecule has 0 radical (unpaired) electrons. The molecule has 0 saturated heterocycles. The van der Waals surface area contributed by atoms with Gasteiger partial charge in [-0.25, -0.2) is 4.79 Å². The Labute approximate surface area is 181 Å². The minimum Gasteiger partial charge on any atom is -0.439 e. The minimum atomic E-state index is -1.10. The highest BCUT2D eigenvalue weighted by Crippen LogP contribution is 2.50. The lowest BCUT2D eigenvalue weighted by Gasteiger charge is -2.31. The van der Waals surface area contributed by atoms with Gasteiger partial charge in [-0.1, -0.05) is 24.3 Å². The van der Waals surface area contributed by atoms with Crippen LogP contribution in [0.1, 0.15) is 38.4 Å². The summed E-state index contributed by atoms with van der Waals surface area (Å²) in [6.45, 7) is 4.15. The molecule has 1 aliphatic rings. The fourth-order valence-electron chi connectivity index (χ4n) is 4.87. The number of para-hydroxylation sites is 1. The fraction of sp³-hybridized carbons (Fsp3) is 0.231. The Morgan fingerprint density at radius 1 is 1.03 bits per heavy atom.